The topological polar surface area (TPSA) is 7.12 Å². The third-order valence-electron chi connectivity index (χ3n) is 9.23. The molecule has 0 spiro atoms. The molecule has 47 heavy (non-hydrogen) atoms. The van der Waals surface area contributed by atoms with Gasteiger partial charge < -0.3 is 4.90 Å². The first-order chi connectivity index (χ1) is 23.3. The summed E-state index contributed by atoms with van der Waals surface area (Å²) >= 11 is 1.92. The van der Waals surface area contributed by atoms with Crippen LogP contribution in [0.15, 0.2) is 192 Å². The molecule has 0 N–H and O–H groups in total. The Morgan fingerprint density at radius 3 is 1.47 bits per heavy atom. The van der Waals surface area contributed by atoms with Crippen molar-refractivity contribution in [1.82, 2.24) is 0 Å². The van der Waals surface area contributed by atoms with Crippen LogP contribution in [0.25, 0.3) is 27.8 Å². The average Bonchev–Trinajstić information content (AvgIpc) is 3.68. The van der Waals surface area contributed by atoms with Crippen molar-refractivity contribution >= 4 is 34.4 Å². The van der Waals surface area contributed by atoms with E-state index in [-0.39, 0.29) is 6.04 Å². The second kappa shape index (κ2) is 11.6. The standard InChI is InChI=1S/C44H31N2S/c1-3-11-31(12-4-1)33-18-24-36(25-19-33)46(37-26-20-34(21-27-37)32-13-5-2-6-14-32)38-28-22-35(23-29-38)42-40-16-9-10-30-45(40)43-39-15-7-8-17-41(39)47-44(42)43/h1-30,43H/q+1. The molecule has 1 aromatic heterocycles. The van der Waals surface area contributed by atoms with Gasteiger partial charge in [0.05, 0.1) is 10.5 Å². The van der Waals surface area contributed by atoms with E-state index in [1.165, 1.54) is 54.4 Å². The highest BCUT2D eigenvalue weighted by Gasteiger charge is 2.45. The minimum absolute atomic E-state index is 0.241. The van der Waals surface area contributed by atoms with Gasteiger partial charge in [0.2, 0.25) is 11.7 Å². The molecule has 0 aliphatic carbocycles. The van der Waals surface area contributed by atoms with Gasteiger partial charge in [-0.2, -0.15) is 4.57 Å². The Hall–Kier alpha value is -5.64. The fraction of sp³-hybridized carbons (Fsp3) is 0.0227. The third kappa shape index (κ3) is 4.88. The molecule has 0 saturated carbocycles. The Morgan fingerprint density at radius 1 is 0.426 bits per heavy atom. The van der Waals surface area contributed by atoms with Crippen LogP contribution in [0.5, 0.6) is 0 Å². The number of benzene rings is 6. The van der Waals surface area contributed by atoms with Gasteiger partial charge in [0, 0.05) is 39.7 Å². The van der Waals surface area contributed by atoms with Gasteiger partial charge >= 0.3 is 0 Å². The number of fused-ring (bicyclic) bond motifs is 5. The van der Waals surface area contributed by atoms with E-state index in [9.17, 15) is 0 Å². The van der Waals surface area contributed by atoms with E-state index in [0.717, 1.165) is 17.1 Å². The molecule has 2 nitrogen and oxygen atoms in total. The predicted octanol–water partition coefficient (Wildman–Crippen LogP) is 11.2. The summed E-state index contributed by atoms with van der Waals surface area (Å²) in [6, 6.07) is 63.7. The Balaban J connectivity index is 1.12. The Morgan fingerprint density at radius 2 is 0.894 bits per heavy atom. The summed E-state index contributed by atoms with van der Waals surface area (Å²) in [7, 11) is 0. The van der Waals surface area contributed by atoms with Gasteiger partial charge in [-0.25, -0.2) is 0 Å². The third-order valence-corrected chi connectivity index (χ3v) is 10.5. The quantitative estimate of drug-likeness (QED) is 0.171. The zero-order valence-corrected chi connectivity index (χ0v) is 26.5. The van der Waals surface area contributed by atoms with Crippen LogP contribution in [0.4, 0.5) is 17.1 Å². The molecule has 0 radical (unpaired) electrons. The number of nitrogens with zero attached hydrogens (tertiary/aromatic N) is 2. The van der Waals surface area contributed by atoms with Crippen LogP contribution in [0.1, 0.15) is 22.9 Å². The van der Waals surface area contributed by atoms with Crippen LogP contribution in [0, 0.1) is 0 Å². The minimum Gasteiger partial charge on any atom is -0.311 e. The first-order valence-corrected chi connectivity index (χ1v) is 16.9. The first-order valence-electron chi connectivity index (χ1n) is 16.0. The highest BCUT2D eigenvalue weighted by molar-refractivity contribution is 8.03. The molecule has 7 aromatic rings. The van der Waals surface area contributed by atoms with Crippen LogP contribution in [-0.4, -0.2) is 0 Å². The van der Waals surface area contributed by atoms with Crippen LogP contribution < -0.4 is 9.47 Å². The van der Waals surface area contributed by atoms with E-state index in [1.807, 2.05) is 11.8 Å². The summed E-state index contributed by atoms with van der Waals surface area (Å²) in [6.07, 6.45) is 2.23. The van der Waals surface area contributed by atoms with E-state index >= 15 is 0 Å². The molecule has 6 aromatic carbocycles. The SMILES string of the molecule is c1ccc(-c2ccc(N(c3ccc(C4=C5Sc6ccccc6C5[n+]5ccccc54)cc3)c3ccc(-c4ccccc4)cc3)cc2)cc1. The molecular weight excluding hydrogens is 589 g/mol. The number of aromatic nitrogens is 1. The van der Waals surface area contributed by atoms with E-state index < -0.39 is 0 Å². The summed E-state index contributed by atoms with van der Waals surface area (Å²) in [6.45, 7) is 0. The second-order valence-electron chi connectivity index (χ2n) is 12.0. The zero-order chi connectivity index (χ0) is 31.2. The maximum absolute atomic E-state index is 2.44. The van der Waals surface area contributed by atoms with E-state index in [0.29, 0.717) is 0 Å². The lowest BCUT2D eigenvalue weighted by Crippen LogP contribution is -2.38. The molecule has 2 aliphatic rings. The largest absolute Gasteiger partial charge is 0.311 e. The number of pyridine rings is 1. The fourth-order valence-corrected chi connectivity index (χ4v) is 8.34. The average molecular weight is 620 g/mol. The van der Waals surface area contributed by atoms with Gasteiger partial charge in [-0.3, -0.25) is 0 Å². The van der Waals surface area contributed by atoms with Gasteiger partial charge in [0.25, 0.3) is 0 Å². The summed E-state index contributed by atoms with van der Waals surface area (Å²) in [4.78, 5) is 5.12. The summed E-state index contributed by atoms with van der Waals surface area (Å²) in [5.41, 5.74) is 13.4. The van der Waals surface area contributed by atoms with Gasteiger partial charge in [0.1, 0.15) is 0 Å². The summed E-state index contributed by atoms with van der Waals surface area (Å²) < 4.78 is 2.44. The lowest BCUT2D eigenvalue weighted by atomic mass is 10.00. The van der Waals surface area contributed by atoms with Crippen LogP contribution in [-0.2, 0) is 0 Å². The maximum atomic E-state index is 2.44. The number of hydrogen-bond donors (Lipinski definition) is 0. The van der Waals surface area contributed by atoms with E-state index in [1.54, 1.807) is 0 Å². The summed E-state index contributed by atoms with van der Waals surface area (Å²) in [5.74, 6) is 0. The number of thioether (sulfide) groups is 1. The van der Waals surface area contributed by atoms with E-state index in [4.69, 9.17) is 0 Å². The van der Waals surface area contributed by atoms with Crippen molar-refractivity contribution in [2.75, 3.05) is 4.90 Å². The number of anilines is 3. The number of rotatable bonds is 6. The van der Waals surface area contributed by atoms with Crippen molar-refractivity contribution in [3.8, 4) is 22.3 Å². The molecule has 0 saturated heterocycles. The molecule has 3 heteroatoms. The molecule has 9 rings (SSSR count). The van der Waals surface area contributed by atoms with Crippen LogP contribution >= 0.6 is 11.8 Å². The lowest BCUT2D eigenvalue weighted by molar-refractivity contribution is -0.701. The van der Waals surface area contributed by atoms with Crippen molar-refractivity contribution in [2.24, 2.45) is 0 Å². The van der Waals surface area contributed by atoms with Crippen molar-refractivity contribution in [3.05, 3.63) is 204 Å². The number of hydrogen-bond acceptors (Lipinski definition) is 2. The minimum atomic E-state index is 0.241. The van der Waals surface area contributed by atoms with E-state index in [2.05, 4.69) is 192 Å². The molecule has 222 valence electrons. The predicted molar refractivity (Wildman–Crippen MR) is 195 cm³/mol. The maximum Gasteiger partial charge on any atom is 0.217 e. The highest BCUT2D eigenvalue weighted by atomic mass is 32.2. The second-order valence-corrected chi connectivity index (χ2v) is 13.1. The molecule has 1 atom stereocenters. The lowest BCUT2D eigenvalue weighted by Gasteiger charge is -2.26. The highest BCUT2D eigenvalue weighted by Crippen LogP contribution is 2.54. The van der Waals surface area contributed by atoms with Crippen molar-refractivity contribution in [1.29, 1.82) is 0 Å². The Kier molecular flexibility index (Phi) is 6.84. The van der Waals surface area contributed by atoms with Crippen molar-refractivity contribution < 1.29 is 4.57 Å². The Labute approximate surface area is 279 Å². The van der Waals surface area contributed by atoms with Crippen molar-refractivity contribution in [2.45, 2.75) is 10.9 Å². The smallest absolute Gasteiger partial charge is 0.217 e. The van der Waals surface area contributed by atoms with Gasteiger partial charge in [-0.15, -0.1) is 0 Å². The molecule has 3 heterocycles. The van der Waals surface area contributed by atoms with Crippen LogP contribution in [0.2, 0.25) is 0 Å². The Bertz CT molecular complexity index is 2160. The normalized spacial score (nSPS) is 14.4. The molecular formula is C44H31N2S+. The van der Waals surface area contributed by atoms with Gasteiger partial charge in [0.15, 0.2) is 6.20 Å². The molecule has 0 bridgehead atoms. The number of allylic oxidation sites excluding steroid dienone is 1. The fourth-order valence-electron chi connectivity index (χ4n) is 6.98. The monoisotopic (exact) mass is 619 g/mol. The van der Waals surface area contributed by atoms with Gasteiger partial charge in [-0.1, -0.05) is 127 Å². The molecule has 1 unspecified atom stereocenters. The first kappa shape index (κ1) is 27.7. The zero-order valence-electron chi connectivity index (χ0n) is 25.7. The molecule has 0 amide bonds. The molecule has 2 aliphatic heterocycles. The van der Waals surface area contributed by atoms with Crippen molar-refractivity contribution in [3.63, 3.8) is 0 Å². The molecule has 0 fully saturated rings. The van der Waals surface area contributed by atoms with Crippen LogP contribution in [0.3, 0.4) is 0 Å². The van der Waals surface area contributed by atoms with Gasteiger partial charge in [-0.05, 0) is 76.3 Å². The summed E-state index contributed by atoms with van der Waals surface area (Å²) in [5, 5.41) is 0.